The number of unbranched alkanes of at least 4 members (excludes halogenated alkanes) is 3. The first-order valence-corrected chi connectivity index (χ1v) is 9.49. The van der Waals surface area contributed by atoms with Gasteiger partial charge in [-0.1, -0.05) is 24.3 Å². The number of amides is 1. The minimum absolute atomic E-state index is 0.0407. The van der Waals surface area contributed by atoms with Gasteiger partial charge in [-0.2, -0.15) is 0 Å². The van der Waals surface area contributed by atoms with Crippen molar-refractivity contribution in [1.29, 1.82) is 0 Å². The van der Waals surface area contributed by atoms with Crippen molar-refractivity contribution in [1.82, 2.24) is 0 Å². The maximum absolute atomic E-state index is 12.3. The fourth-order valence-corrected chi connectivity index (χ4v) is 3.05. The fraction of sp³-hybridized carbons (Fsp3) is 0.455. The molecule has 1 N–H and O–H groups in total. The van der Waals surface area contributed by atoms with Gasteiger partial charge in [0.15, 0.2) is 0 Å². The van der Waals surface area contributed by atoms with Crippen LogP contribution in [0.2, 0.25) is 0 Å². The number of hydrogen-bond donors (Lipinski definition) is 1. The van der Waals surface area contributed by atoms with E-state index in [1.165, 1.54) is 0 Å². The van der Waals surface area contributed by atoms with Gasteiger partial charge < -0.3 is 10.1 Å². The van der Waals surface area contributed by atoms with E-state index in [9.17, 15) is 9.59 Å². The number of ether oxygens (including phenoxy) is 1. The van der Waals surface area contributed by atoms with E-state index in [1.54, 1.807) is 6.08 Å². The normalized spacial score (nSPS) is 16.1. The molecule has 1 amide bonds. The standard InChI is InChI=1S/C22H29NO3/c1-18-12-13-21(26-15-9-5-3-2-4-8-14-24)20(16-18)23-22(25)17-19-10-6-7-11-19/h4,6,8,10,12-14,16,19H,2-3,5,7,9,11,15,17H2,1H3,(H,23,25)/b8-4+. The van der Waals surface area contributed by atoms with Crippen molar-refractivity contribution in [2.45, 2.75) is 51.9 Å². The van der Waals surface area contributed by atoms with Gasteiger partial charge >= 0.3 is 0 Å². The van der Waals surface area contributed by atoms with Crippen LogP contribution < -0.4 is 10.1 Å². The van der Waals surface area contributed by atoms with Gasteiger partial charge in [-0.15, -0.1) is 0 Å². The van der Waals surface area contributed by atoms with Crippen molar-refractivity contribution in [3.05, 3.63) is 48.1 Å². The van der Waals surface area contributed by atoms with Crippen LogP contribution in [-0.4, -0.2) is 18.8 Å². The Hall–Kier alpha value is -2.36. The molecule has 0 saturated carbocycles. The molecule has 0 fully saturated rings. The molecule has 4 nitrogen and oxygen atoms in total. The van der Waals surface area contributed by atoms with E-state index >= 15 is 0 Å². The predicted octanol–water partition coefficient (Wildman–Crippen LogP) is 4.98. The van der Waals surface area contributed by atoms with E-state index in [-0.39, 0.29) is 5.91 Å². The monoisotopic (exact) mass is 355 g/mol. The number of carbonyl (C=O) groups is 2. The summed E-state index contributed by atoms with van der Waals surface area (Å²) in [6.07, 6.45) is 15.1. The van der Waals surface area contributed by atoms with Gasteiger partial charge in [-0.05, 0) is 75.1 Å². The molecule has 4 heteroatoms. The molecule has 0 aliphatic heterocycles. The second-order valence-corrected chi connectivity index (χ2v) is 6.78. The minimum atomic E-state index is 0.0407. The lowest BCUT2D eigenvalue weighted by molar-refractivity contribution is -0.116. The molecule has 0 radical (unpaired) electrons. The van der Waals surface area contributed by atoms with E-state index in [1.807, 2.05) is 31.2 Å². The van der Waals surface area contributed by atoms with E-state index in [4.69, 9.17) is 4.74 Å². The van der Waals surface area contributed by atoms with Crippen LogP contribution in [0, 0.1) is 12.8 Å². The van der Waals surface area contributed by atoms with Gasteiger partial charge in [0, 0.05) is 6.42 Å². The number of nitrogens with one attached hydrogen (secondary N) is 1. The molecule has 26 heavy (non-hydrogen) atoms. The number of rotatable bonds is 11. The lowest BCUT2D eigenvalue weighted by atomic mass is 10.0. The molecule has 0 heterocycles. The van der Waals surface area contributed by atoms with Gasteiger partial charge in [-0.25, -0.2) is 0 Å². The maximum atomic E-state index is 12.3. The van der Waals surface area contributed by atoms with E-state index in [2.05, 4.69) is 17.5 Å². The minimum Gasteiger partial charge on any atom is -0.491 e. The maximum Gasteiger partial charge on any atom is 0.225 e. The molecule has 1 aromatic carbocycles. The van der Waals surface area contributed by atoms with Crippen LogP contribution in [0.4, 0.5) is 5.69 Å². The second-order valence-electron chi connectivity index (χ2n) is 6.78. The summed E-state index contributed by atoms with van der Waals surface area (Å²) in [7, 11) is 0. The Morgan fingerprint density at radius 1 is 1.31 bits per heavy atom. The number of allylic oxidation sites excluding steroid dienone is 4. The van der Waals surface area contributed by atoms with E-state index in [0.717, 1.165) is 61.8 Å². The molecule has 140 valence electrons. The largest absolute Gasteiger partial charge is 0.491 e. The van der Waals surface area contributed by atoms with Gasteiger partial charge in [0.1, 0.15) is 12.0 Å². The lowest BCUT2D eigenvalue weighted by Crippen LogP contribution is -2.15. The highest BCUT2D eigenvalue weighted by molar-refractivity contribution is 5.92. The Morgan fingerprint density at radius 3 is 2.96 bits per heavy atom. The van der Waals surface area contributed by atoms with Gasteiger partial charge in [-0.3, -0.25) is 9.59 Å². The zero-order chi connectivity index (χ0) is 18.6. The highest BCUT2D eigenvalue weighted by Gasteiger charge is 2.15. The van der Waals surface area contributed by atoms with Gasteiger partial charge in [0.2, 0.25) is 5.91 Å². The molecule has 1 aliphatic rings. The Morgan fingerprint density at radius 2 is 2.19 bits per heavy atom. The zero-order valence-electron chi connectivity index (χ0n) is 15.6. The zero-order valence-corrected chi connectivity index (χ0v) is 15.6. The summed E-state index contributed by atoms with van der Waals surface area (Å²) in [5.74, 6) is 1.13. The number of carbonyl (C=O) groups excluding carboxylic acids is 2. The summed E-state index contributed by atoms with van der Waals surface area (Å²) in [5.41, 5.74) is 1.85. The SMILES string of the molecule is Cc1ccc(OCCCCC/C=C/C=O)c(NC(=O)CC2C=CCC2)c1. The van der Waals surface area contributed by atoms with Crippen LogP contribution in [-0.2, 0) is 9.59 Å². The fourth-order valence-electron chi connectivity index (χ4n) is 3.05. The number of aryl methyl sites for hydroxylation is 1. The molecular weight excluding hydrogens is 326 g/mol. The number of benzene rings is 1. The van der Waals surface area contributed by atoms with Crippen LogP contribution >= 0.6 is 0 Å². The first-order valence-electron chi connectivity index (χ1n) is 9.49. The van der Waals surface area contributed by atoms with Crippen LogP contribution in [0.3, 0.4) is 0 Å². The van der Waals surface area contributed by atoms with Crippen LogP contribution in [0.15, 0.2) is 42.5 Å². The molecule has 2 rings (SSSR count). The predicted molar refractivity (Wildman–Crippen MR) is 105 cm³/mol. The second kappa shape index (κ2) is 11.3. The average Bonchev–Trinajstić information content (AvgIpc) is 3.11. The van der Waals surface area contributed by atoms with E-state index in [0.29, 0.717) is 18.9 Å². The molecular formula is C22H29NO3. The number of anilines is 1. The topological polar surface area (TPSA) is 55.4 Å². The van der Waals surface area contributed by atoms with Crippen LogP contribution in [0.1, 0.15) is 50.5 Å². The lowest BCUT2D eigenvalue weighted by Gasteiger charge is -2.14. The Bertz CT molecular complexity index is 649. The first-order chi connectivity index (χ1) is 12.7. The summed E-state index contributed by atoms with van der Waals surface area (Å²) in [6.45, 7) is 2.63. The van der Waals surface area contributed by atoms with Crippen molar-refractivity contribution in [2.75, 3.05) is 11.9 Å². The third-order valence-electron chi connectivity index (χ3n) is 4.46. The highest BCUT2D eigenvalue weighted by atomic mass is 16.5. The van der Waals surface area contributed by atoms with Gasteiger partial charge in [0.25, 0.3) is 0 Å². The van der Waals surface area contributed by atoms with Crippen molar-refractivity contribution < 1.29 is 14.3 Å². The Balaban J connectivity index is 1.78. The molecule has 0 bridgehead atoms. The Labute approximate surface area is 156 Å². The summed E-state index contributed by atoms with van der Waals surface area (Å²) >= 11 is 0. The summed E-state index contributed by atoms with van der Waals surface area (Å²) in [4.78, 5) is 22.5. The van der Waals surface area contributed by atoms with Crippen LogP contribution in [0.25, 0.3) is 0 Å². The molecule has 0 saturated heterocycles. The summed E-state index contributed by atoms with van der Waals surface area (Å²) in [5, 5.41) is 3.01. The number of aldehydes is 1. The van der Waals surface area contributed by atoms with Crippen molar-refractivity contribution in [2.24, 2.45) is 5.92 Å². The van der Waals surface area contributed by atoms with Crippen molar-refractivity contribution >= 4 is 17.9 Å². The first kappa shape index (κ1) is 20.0. The number of hydrogen-bond acceptors (Lipinski definition) is 3. The quantitative estimate of drug-likeness (QED) is 0.263. The highest BCUT2D eigenvalue weighted by Crippen LogP contribution is 2.27. The molecule has 1 unspecified atom stereocenters. The van der Waals surface area contributed by atoms with E-state index < -0.39 is 0 Å². The smallest absolute Gasteiger partial charge is 0.225 e. The Kier molecular flexibility index (Phi) is 8.67. The molecule has 0 spiro atoms. The average molecular weight is 355 g/mol. The third kappa shape index (κ3) is 7.26. The molecule has 1 atom stereocenters. The van der Waals surface area contributed by atoms with Crippen LogP contribution in [0.5, 0.6) is 5.75 Å². The molecule has 1 aromatic rings. The van der Waals surface area contributed by atoms with Crippen molar-refractivity contribution in [3.8, 4) is 5.75 Å². The summed E-state index contributed by atoms with van der Waals surface area (Å²) < 4.78 is 5.89. The molecule has 1 aliphatic carbocycles. The van der Waals surface area contributed by atoms with Gasteiger partial charge in [0.05, 0.1) is 12.3 Å². The van der Waals surface area contributed by atoms with Crippen molar-refractivity contribution in [3.63, 3.8) is 0 Å². The summed E-state index contributed by atoms with van der Waals surface area (Å²) in [6, 6.07) is 5.88. The molecule has 0 aromatic heterocycles. The third-order valence-corrected chi connectivity index (χ3v) is 4.46.